The van der Waals surface area contributed by atoms with Crippen LogP contribution in [0.15, 0.2) is 35.2 Å². The van der Waals surface area contributed by atoms with E-state index in [2.05, 4.69) is 0 Å². The van der Waals surface area contributed by atoms with Crippen molar-refractivity contribution >= 4 is 33.3 Å². The van der Waals surface area contributed by atoms with Gasteiger partial charge in [-0.2, -0.15) is 4.31 Å². The Morgan fingerprint density at radius 2 is 1.97 bits per heavy atom. The van der Waals surface area contributed by atoms with Crippen molar-refractivity contribution in [2.45, 2.75) is 37.6 Å². The van der Waals surface area contributed by atoms with E-state index in [1.807, 2.05) is 0 Å². The summed E-state index contributed by atoms with van der Waals surface area (Å²) in [5.74, 6) is -2.87. The topological polar surface area (TPSA) is 87.2 Å². The highest BCUT2D eigenvalue weighted by atomic mass is 35.5. The van der Waals surface area contributed by atoms with Gasteiger partial charge in [-0.15, -0.1) is 0 Å². The maximum Gasteiger partial charge on any atom is 0.322 e. The van der Waals surface area contributed by atoms with Crippen molar-refractivity contribution in [1.82, 2.24) is 4.31 Å². The van der Waals surface area contributed by atoms with Crippen LogP contribution in [0, 0.1) is 19.7 Å². The molecule has 0 radical (unpaired) electrons. The third kappa shape index (κ3) is 4.34. The van der Waals surface area contributed by atoms with Gasteiger partial charge in [0.25, 0.3) is 0 Å². The van der Waals surface area contributed by atoms with Crippen molar-refractivity contribution in [3.63, 3.8) is 0 Å². The Kier molecular flexibility index (Phi) is 7.14. The molecule has 7 nitrogen and oxygen atoms in total. The Morgan fingerprint density at radius 3 is 2.59 bits per heavy atom. The average Bonchev–Trinajstić information content (AvgIpc) is 2.71. The van der Waals surface area contributed by atoms with Gasteiger partial charge in [0.15, 0.2) is 0 Å². The van der Waals surface area contributed by atoms with Crippen molar-refractivity contribution in [3.05, 3.63) is 57.9 Å². The summed E-state index contributed by atoms with van der Waals surface area (Å²) < 4.78 is 47.9. The molecule has 0 unspecified atom stereocenters. The van der Waals surface area contributed by atoms with Crippen LogP contribution < -0.4 is 4.90 Å². The third-order valence-electron chi connectivity index (χ3n) is 5.95. The number of nitrogens with zero attached hydrogens (tertiary/aromatic N) is 2. The molecule has 0 saturated heterocycles. The Hall–Kier alpha value is -2.20. The SMILES string of the molecule is COCCN1CN([C@H](C(=O)O)[C@H](C)c2c(F)ccc(C)c2C)S(=O)(=O)c2ccc(Cl)cc21. The maximum atomic E-state index is 14.8. The number of aryl methyl sites for hydroxylation is 1. The van der Waals surface area contributed by atoms with E-state index < -0.39 is 33.8 Å². The summed E-state index contributed by atoms with van der Waals surface area (Å²) in [5.41, 5.74) is 1.96. The van der Waals surface area contributed by atoms with Gasteiger partial charge in [0.1, 0.15) is 16.8 Å². The number of sulfonamides is 1. The van der Waals surface area contributed by atoms with Crippen LogP contribution >= 0.6 is 11.6 Å². The number of methoxy groups -OCH3 is 1. The number of aliphatic carboxylic acids is 1. The highest BCUT2D eigenvalue weighted by molar-refractivity contribution is 7.89. The van der Waals surface area contributed by atoms with Crippen LogP contribution in [-0.4, -0.2) is 56.8 Å². The number of halogens is 2. The van der Waals surface area contributed by atoms with Gasteiger partial charge in [-0.05, 0) is 54.8 Å². The van der Waals surface area contributed by atoms with Crippen LogP contribution in [0.2, 0.25) is 5.02 Å². The van der Waals surface area contributed by atoms with Crippen LogP contribution in [-0.2, 0) is 19.6 Å². The smallest absolute Gasteiger partial charge is 0.322 e. The highest BCUT2D eigenvalue weighted by Gasteiger charge is 2.45. The number of hydrogen-bond acceptors (Lipinski definition) is 5. The third-order valence-corrected chi connectivity index (χ3v) is 8.04. The molecule has 1 aliphatic heterocycles. The van der Waals surface area contributed by atoms with E-state index in [-0.39, 0.29) is 17.1 Å². The molecule has 0 amide bonds. The highest BCUT2D eigenvalue weighted by Crippen LogP contribution is 2.39. The Morgan fingerprint density at radius 1 is 1.28 bits per heavy atom. The van der Waals surface area contributed by atoms with Crippen molar-refractivity contribution in [1.29, 1.82) is 0 Å². The lowest BCUT2D eigenvalue weighted by molar-refractivity contribution is -0.142. The molecule has 0 aliphatic carbocycles. The summed E-state index contributed by atoms with van der Waals surface area (Å²) >= 11 is 6.10. The zero-order chi connectivity index (χ0) is 23.8. The lowest BCUT2D eigenvalue weighted by Gasteiger charge is -2.41. The van der Waals surface area contributed by atoms with E-state index in [1.165, 1.54) is 38.3 Å². The van der Waals surface area contributed by atoms with E-state index in [4.69, 9.17) is 16.3 Å². The number of ether oxygens (including phenoxy) is 1. The van der Waals surface area contributed by atoms with Gasteiger partial charge in [-0.3, -0.25) is 4.79 Å². The van der Waals surface area contributed by atoms with Gasteiger partial charge in [-0.1, -0.05) is 24.6 Å². The van der Waals surface area contributed by atoms with E-state index in [0.29, 0.717) is 29.4 Å². The first-order valence-electron chi connectivity index (χ1n) is 10.0. The molecule has 1 aliphatic rings. The van der Waals surface area contributed by atoms with Gasteiger partial charge >= 0.3 is 5.97 Å². The van der Waals surface area contributed by atoms with Crippen LogP contribution in [0.5, 0.6) is 0 Å². The summed E-state index contributed by atoms with van der Waals surface area (Å²) in [4.78, 5) is 14.1. The number of hydrogen-bond donors (Lipinski definition) is 1. The number of carbonyl (C=O) groups is 1. The first-order valence-corrected chi connectivity index (χ1v) is 11.9. The van der Waals surface area contributed by atoms with E-state index in [9.17, 15) is 22.7 Å². The predicted octanol–water partition coefficient (Wildman–Crippen LogP) is 3.77. The van der Waals surface area contributed by atoms with E-state index in [0.717, 1.165) is 9.87 Å². The molecule has 0 saturated carbocycles. The van der Waals surface area contributed by atoms with Gasteiger partial charge in [0.2, 0.25) is 10.0 Å². The zero-order valence-electron chi connectivity index (χ0n) is 18.3. The number of rotatable bonds is 7. The fraction of sp³-hybridized carbons (Fsp3) is 0.409. The van der Waals surface area contributed by atoms with E-state index >= 15 is 0 Å². The lowest BCUT2D eigenvalue weighted by atomic mass is 9.87. The average molecular weight is 485 g/mol. The molecule has 2 aromatic carbocycles. The molecule has 174 valence electrons. The number of fused-ring (bicyclic) bond motifs is 1. The zero-order valence-corrected chi connectivity index (χ0v) is 19.9. The second-order valence-corrected chi connectivity index (χ2v) is 10.2. The fourth-order valence-corrected chi connectivity index (χ4v) is 6.11. The first kappa shape index (κ1) is 24.4. The lowest BCUT2D eigenvalue weighted by Crippen LogP contribution is -2.55. The molecule has 0 aromatic heterocycles. The number of benzene rings is 2. The monoisotopic (exact) mass is 484 g/mol. The number of anilines is 1. The van der Waals surface area contributed by atoms with Crippen LogP contribution in [0.25, 0.3) is 0 Å². The molecular formula is C22H26ClFN2O5S. The normalized spacial score (nSPS) is 17.6. The molecule has 1 N–H and O–H groups in total. The maximum absolute atomic E-state index is 14.8. The van der Waals surface area contributed by atoms with Crippen molar-refractivity contribution in [2.24, 2.45) is 0 Å². The molecule has 3 rings (SSSR count). The predicted molar refractivity (Wildman–Crippen MR) is 120 cm³/mol. The van der Waals surface area contributed by atoms with Crippen LogP contribution in [0.3, 0.4) is 0 Å². The molecule has 2 aromatic rings. The molecular weight excluding hydrogens is 459 g/mol. The molecule has 10 heteroatoms. The molecule has 0 fully saturated rings. The minimum absolute atomic E-state index is 0.0517. The Balaban J connectivity index is 2.15. The Bertz CT molecular complexity index is 1140. The summed E-state index contributed by atoms with van der Waals surface area (Å²) in [6.07, 6.45) is 0. The molecule has 0 bridgehead atoms. The summed E-state index contributed by atoms with van der Waals surface area (Å²) in [5, 5.41) is 10.5. The van der Waals surface area contributed by atoms with Crippen molar-refractivity contribution in [2.75, 3.05) is 31.8 Å². The molecule has 32 heavy (non-hydrogen) atoms. The number of carboxylic acid groups (broad SMARTS) is 1. The van der Waals surface area contributed by atoms with Crippen LogP contribution in [0.4, 0.5) is 10.1 Å². The van der Waals surface area contributed by atoms with E-state index in [1.54, 1.807) is 24.8 Å². The number of carboxylic acids is 1. The molecule has 1 heterocycles. The second kappa shape index (κ2) is 9.35. The fourth-order valence-electron chi connectivity index (χ4n) is 4.14. The van der Waals surface area contributed by atoms with Gasteiger partial charge in [0.05, 0.1) is 19.0 Å². The van der Waals surface area contributed by atoms with Crippen molar-refractivity contribution in [3.8, 4) is 0 Å². The summed E-state index contributed by atoms with van der Waals surface area (Å²) in [6, 6.07) is 5.70. The quantitative estimate of drug-likeness (QED) is 0.643. The standard InChI is InChI=1S/C22H26ClFN2O5S/c1-13-5-7-17(24)20(14(13)2)15(3)21(22(27)28)26-12-25(9-10-31-4)18-11-16(23)6-8-19(18)32(26,29)30/h5-8,11,15,21H,9-10,12H2,1-4H3,(H,27,28)/t15-,21+/m1/s1. The summed E-state index contributed by atoms with van der Waals surface area (Å²) in [7, 11) is -2.69. The molecule has 2 atom stereocenters. The van der Waals surface area contributed by atoms with Gasteiger partial charge in [-0.25, -0.2) is 12.8 Å². The van der Waals surface area contributed by atoms with Crippen LogP contribution in [0.1, 0.15) is 29.5 Å². The summed E-state index contributed by atoms with van der Waals surface area (Å²) in [6.45, 7) is 5.41. The van der Waals surface area contributed by atoms with Gasteiger partial charge < -0.3 is 14.7 Å². The minimum atomic E-state index is -4.20. The largest absolute Gasteiger partial charge is 0.480 e. The van der Waals surface area contributed by atoms with Crippen molar-refractivity contribution < 1.29 is 27.4 Å². The Labute approximate surface area is 192 Å². The molecule has 0 spiro atoms. The first-order chi connectivity index (χ1) is 15.0. The van der Waals surface area contributed by atoms with Gasteiger partial charge in [0, 0.05) is 24.6 Å². The second-order valence-electron chi connectivity index (χ2n) is 7.88. The minimum Gasteiger partial charge on any atom is -0.480 e.